The molecule has 0 N–H and O–H groups in total. The third-order valence-corrected chi connectivity index (χ3v) is 2.11. The van der Waals surface area contributed by atoms with E-state index in [2.05, 4.69) is 14.8 Å². The van der Waals surface area contributed by atoms with Crippen molar-refractivity contribution in [2.45, 2.75) is 6.92 Å². The normalized spacial score (nSPS) is 9.60. The highest BCUT2D eigenvalue weighted by atomic mass is 14.8. The molecular formula is C12H9N3. The maximum atomic E-state index is 6.85. The first-order valence-corrected chi connectivity index (χ1v) is 4.56. The van der Waals surface area contributed by atoms with Gasteiger partial charge in [-0.2, -0.15) is 0 Å². The Morgan fingerprint density at radius 1 is 1.00 bits per heavy atom. The molecule has 3 heteroatoms. The minimum Gasteiger partial charge on any atom is -0.241 e. The van der Waals surface area contributed by atoms with Crippen LogP contribution in [0.2, 0.25) is 0 Å². The van der Waals surface area contributed by atoms with E-state index in [1.807, 2.05) is 19.1 Å². The highest BCUT2D eigenvalue weighted by Gasteiger charge is 1.98. The molecule has 0 saturated carbocycles. The number of aryl methyl sites for hydroxylation is 1. The maximum Gasteiger partial charge on any atom is 0.187 e. The van der Waals surface area contributed by atoms with Gasteiger partial charge in [-0.05, 0) is 12.5 Å². The van der Waals surface area contributed by atoms with E-state index >= 15 is 0 Å². The molecule has 1 aromatic heterocycles. The average Bonchev–Trinajstić information content (AvgIpc) is 2.30. The maximum absolute atomic E-state index is 6.85. The Bertz CT molecular complexity index is 492. The van der Waals surface area contributed by atoms with Gasteiger partial charge in [0.05, 0.1) is 6.57 Å². The van der Waals surface area contributed by atoms with Gasteiger partial charge in [-0.3, -0.25) is 0 Å². The molecule has 3 nitrogen and oxygen atoms in total. The summed E-state index contributed by atoms with van der Waals surface area (Å²) in [6, 6.07) is 7.40. The Morgan fingerprint density at radius 2 is 1.60 bits per heavy atom. The summed E-state index contributed by atoms with van der Waals surface area (Å²) in [7, 11) is 0. The van der Waals surface area contributed by atoms with Crippen LogP contribution in [0, 0.1) is 13.5 Å². The summed E-state index contributed by atoms with van der Waals surface area (Å²) < 4.78 is 0. The van der Waals surface area contributed by atoms with E-state index in [0.29, 0.717) is 5.69 Å². The molecule has 0 unspecified atom stereocenters. The molecule has 0 bridgehead atoms. The van der Waals surface area contributed by atoms with E-state index in [4.69, 9.17) is 6.57 Å². The van der Waals surface area contributed by atoms with Crippen LogP contribution in [-0.4, -0.2) is 9.97 Å². The van der Waals surface area contributed by atoms with Crippen LogP contribution in [0.25, 0.3) is 16.0 Å². The third-order valence-electron chi connectivity index (χ3n) is 2.11. The predicted octanol–water partition coefficient (Wildman–Crippen LogP) is 3.00. The number of benzene rings is 1. The molecule has 0 aliphatic carbocycles. The Kier molecular flexibility index (Phi) is 2.42. The van der Waals surface area contributed by atoms with Crippen LogP contribution in [0.4, 0.5) is 5.69 Å². The number of hydrogen-bond donors (Lipinski definition) is 0. The quantitative estimate of drug-likeness (QED) is 0.655. The monoisotopic (exact) mass is 195 g/mol. The average molecular weight is 195 g/mol. The Labute approximate surface area is 88.3 Å². The van der Waals surface area contributed by atoms with Crippen molar-refractivity contribution < 1.29 is 0 Å². The fourth-order valence-electron chi connectivity index (χ4n) is 1.27. The molecule has 0 spiro atoms. The number of hydrogen-bond acceptors (Lipinski definition) is 2. The van der Waals surface area contributed by atoms with Crippen molar-refractivity contribution in [1.29, 1.82) is 0 Å². The molecule has 1 heterocycles. The van der Waals surface area contributed by atoms with Gasteiger partial charge < -0.3 is 0 Å². The summed E-state index contributed by atoms with van der Waals surface area (Å²) in [5, 5.41) is 0. The zero-order chi connectivity index (χ0) is 10.7. The summed E-state index contributed by atoms with van der Waals surface area (Å²) in [5.74, 6) is 0.761. The van der Waals surface area contributed by atoms with E-state index in [1.54, 1.807) is 24.5 Å². The molecule has 15 heavy (non-hydrogen) atoms. The third kappa shape index (κ3) is 2.00. The zero-order valence-electron chi connectivity index (χ0n) is 8.31. The molecule has 0 aliphatic heterocycles. The van der Waals surface area contributed by atoms with Crippen molar-refractivity contribution in [3.05, 3.63) is 53.9 Å². The topological polar surface area (TPSA) is 30.1 Å². The second-order valence-electron chi connectivity index (χ2n) is 3.18. The van der Waals surface area contributed by atoms with Crippen LogP contribution >= 0.6 is 0 Å². The van der Waals surface area contributed by atoms with Gasteiger partial charge in [-0.15, -0.1) is 0 Å². The van der Waals surface area contributed by atoms with E-state index in [9.17, 15) is 0 Å². The molecule has 2 rings (SSSR count). The lowest BCUT2D eigenvalue weighted by Gasteiger charge is -2.00. The SMILES string of the molecule is [C-]#[N+]c1ccc(-c2cnc(C)nc2)cc1. The van der Waals surface area contributed by atoms with Crippen molar-refractivity contribution >= 4 is 5.69 Å². The minimum absolute atomic E-state index is 0.645. The van der Waals surface area contributed by atoms with Crippen molar-refractivity contribution in [1.82, 2.24) is 9.97 Å². The predicted molar refractivity (Wildman–Crippen MR) is 58.5 cm³/mol. The Balaban J connectivity index is 2.38. The van der Waals surface area contributed by atoms with Crippen LogP contribution in [0.15, 0.2) is 36.7 Å². The van der Waals surface area contributed by atoms with Gasteiger partial charge in [-0.25, -0.2) is 14.8 Å². The van der Waals surface area contributed by atoms with Crippen LogP contribution in [0.5, 0.6) is 0 Å². The number of aromatic nitrogens is 2. The molecule has 0 aliphatic rings. The van der Waals surface area contributed by atoms with Crippen molar-refractivity contribution in [2.75, 3.05) is 0 Å². The lowest BCUT2D eigenvalue weighted by molar-refractivity contribution is 1.06. The largest absolute Gasteiger partial charge is 0.241 e. The molecule has 0 fully saturated rings. The van der Waals surface area contributed by atoms with Crippen LogP contribution in [0.3, 0.4) is 0 Å². The number of rotatable bonds is 1. The fourth-order valence-corrected chi connectivity index (χ4v) is 1.27. The number of nitrogens with zero attached hydrogens (tertiary/aromatic N) is 3. The summed E-state index contributed by atoms with van der Waals surface area (Å²) >= 11 is 0. The van der Waals surface area contributed by atoms with Crippen LogP contribution in [-0.2, 0) is 0 Å². The lowest BCUT2D eigenvalue weighted by Crippen LogP contribution is -1.87. The second kappa shape index (κ2) is 3.89. The van der Waals surface area contributed by atoms with Gasteiger partial charge in [0, 0.05) is 18.0 Å². The standard InChI is InChI=1S/C12H9N3/c1-9-14-7-11(8-15-9)10-3-5-12(13-2)6-4-10/h3-8H,1H3. The summed E-state index contributed by atoms with van der Waals surface area (Å²) in [6.45, 7) is 8.70. The van der Waals surface area contributed by atoms with Gasteiger partial charge >= 0.3 is 0 Å². The van der Waals surface area contributed by atoms with Crippen molar-refractivity contribution in [3.63, 3.8) is 0 Å². The Morgan fingerprint density at radius 3 is 2.13 bits per heavy atom. The van der Waals surface area contributed by atoms with E-state index < -0.39 is 0 Å². The second-order valence-corrected chi connectivity index (χ2v) is 3.18. The summed E-state index contributed by atoms with van der Waals surface area (Å²) in [6.07, 6.45) is 3.57. The zero-order valence-corrected chi connectivity index (χ0v) is 8.31. The Hall–Kier alpha value is -2.21. The van der Waals surface area contributed by atoms with Gasteiger partial charge in [0.15, 0.2) is 5.69 Å². The first kappa shape index (κ1) is 9.35. The first-order chi connectivity index (χ1) is 7.29. The van der Waals surface area contributed by atoms with E-state index in [0.717, 1.165) is 17.0 Å². The van der Waals surface area contributed by atoms with E-state index in [1.165, 1.54) is 0 Å². The van der Waals surface area contributed by atoms with Crippen molar-refractivity contribution in [2.24, 2.45) is 0 Å². The van der Waals surface area contributed by atoms with Gasteiger partial charge in [0.1, 0.15) is 5.82 Å². The van der Waals surface area contributed by atoms with E-state index in [-0.39, 0.29) is 0 Å². The molecule has 72 valence electrons. The highest BCUT2D eigenvalue weighted by Crippen LogP contribution is 2.21. The summed E-state index contributed by atoms with van der Waals surface area (Å²) in [4.78, 5) is 11.6. The van der Waals surface area contributed by atoms with Crippen molar-refractivity contribution in [3.8, 4) is 11.1 Å². The molecule has 2 aromatic rings. The molecule has 0 amide bonds. The van der Waals surface area contributed by atoms with Crippen LogP contribution < -0.4 is 0 Å². The summed E-state index contributed by atoms with van der Waals surface area (Å²) in [5.41, 5.74) is 2.64. The molecule has 0 radical (unpaired) electrons. The minimum atomic E-state index is 0.645. The first-order valence-electron chi connectivity index (χ1n) is 4.56. The van der Waals surface area contributed by atoms with Gasteiger partial charge in [-0.1, -0.05) is 24.3 Å². The van der Waals surface area contributed by atoms with Crippen LogP contribution in [0.1, 0.15) is 5.82 Å². The highest BCUT2D eigenvalue weighted by molar-refractivity contribution is 5.64. The smallest absolute Gasteiger partial charge is 0.187 e. The molecule has 1 aromatic carbocycles. The molecule has 0 atom stereocenters. The lowest BCUT2D eigenvalue weighted by atomic mass is 10.1. The molecule has 0 saturated heterocycles. The van der Waals surface area contributed by atoms with Gasteiger partial charge in [0.2, 0.25) is 0 Å². The van der Waals surface area contributed by atoms with Gasteiger partial charge in [0.25, 0.3) is 0 Å². The fraction of sp³-hybridized carbons (Fsp3) is 0.0833. The molecular weight excluding hydrogens is 186 g/mol.